The molecule has 0 aromatic carbocycles. The minimum absolute atomic E-state index is 0.0101. The van der Waals surface area contributed by atoms with Crippen molar-refractivity contribution in [2.45, 2.75) is 314 Å². The van der Waals surface area contributed by atoms with E-state index in [9.17, 15) is 0 Å². The van der Waals surface area contributed by atoms with Crippen molar-refractivity contribution in [2.75, 3.05) is 59.3 Å². The van der Waals surface area contributed by atoms with Crippen LogP contribution in [0.4, 0.5) is 0 Å². The molecule has 34 unspecified atom stereocenters. The maximum atomic E-state index is 7.78. The molecule has 14 fully saturated rings. The second-order valence-electron chi connectivity index (χ2n) is 33.1. The topological polar surface area (TPSA) is 188 Å². The lowest BCUT2D eigenvalue weighted by Crippen LogP contribution is -2.68. The fourth-order valence-electron chi connectivity index (χ4n) is 24.1. The predicted molar refractivity (Wildman–Crippen MR) is 365 cm³/mol. The smallest absolute Gasteiger partial charge is 0.0792 e. The molecule has 8 aliphatic heterocycles. The highest BCUT2D eigenvalue weighted by molar-refractivity contribution is 5.20. The molecule has 0 aromatic heterocycles. The van der Waals surface area contributed by atoms with Gasteiger partial charge < -0.3 is 44.4 Å². The fraction of sp³-hybridized carbons (Fsp3) is 1.00. The van der Waals surface area contributed by atoms with Crippen LogP contribution in [0, 0.1) is 101 Å². The Bertz CT molecular complexity index is 2130. The van der Waals surface area contributed by atoms with E-state index >= 15 is 0 Å². The van der Waals surface area contributed by atoms with Gasteiger partial charge in [-0.2, -0.15) is 0 Å². The van der Waals surface area contributed by atoms with Gasteiger partial charge in [-0.3, -0.25) is 42.5 Å². The van der Waals surface area contributed by atoms with Crippen molar-refractivity contribution in [1.82, 2.24) is 58.5 Å². The van der Waals surface area contributed by atoms with Crippen LogP contribution in [-0.2, 0) is 28.4 Å². The molecule has 526 valence electrons. The summed E-state index contributed by atoms with van der Waals surface area (Å²) in [6.45, 7) is 27.3. The Balaban J connectivity index is 0.933. The van der Waals surface area contributed by atoms with E-state index in [-0.39, 0.29) is 127 Å². The van der Waals surface area contributed by atoms with Gasteiger partial charge in [0.05, 0.1) is 86.0 Å². The van der Waals surface area contributed by atoms with E-state index in [1.54, 1.807) is 0 Å². The molecule has 0 radical (unpaired) electrons. The van der Waals surface area contributed by atoms with Crippen LogP contribution < -0.4 is 58.5 Å². The largest absolute Gasteiger partial charge is 0.378 e. The summed E-state index contributed by atoms with van der Waals surface area (Å²) >= 11 is 0. The molecule has 14 aliphatic rings. The zero-order valence-corrected chi connectivity index (χ0v) is 58.9. The molecule has 17 heteroatoms. The van der Waals surface area contributed by atoms with E-state index in [0.717, 1.165) is 148 Å². The SMILES string of the molecule is CCCCOC1C2CCCNC2C(C)C2C3NC(NC4NC(NC5NC(NC6NC(N3)C3C(OCCCC)C7CCCNC7C(OCCCC)C63)C3C(C)C6CCCNC6C(OCCCC)C53)C3C(OCCCC)C5CC6CCCCC6CC5C(OCCCC)C43)C12. The predicted octanol–water partition coefficient (Wildman–Crippen LogP) is 8.69. The summed E-state index contributed by atoms with van der Waals surface area (Å²) in [4.78, 5) is 0. The van der Waals surface area contributed by atoms with E-state index in [1.165, 1.54) is 77.0 Å². The Morgan fingerprint density at radius 1 is 0.272 bits per heavy atom. The maximum Gasteiger partial charge on any atom is 0.0792 e. The number of fused-ring (bicyclic) bond motifs is 25. The van der Waals surface area contributed by atoms with Crippen LogP contribution in [0.25, 0.3) is 0 Å². The fourth-order valence-corrected chi connectivity index (χ4v) is 24.1. The van der Waals surface area contributed by atoms with E-state index in [0.29, 0.717) is 65.3 Å². The summed E-state index contributed by atoms with van der Waals surface area (Å²) in [5.41, 5.74) is 0. The highest BCUT2D eigenvalue weighted by Gasteiger charge is 2.68. The standard InChI is InChI=1S/C75H135N11O6/c1-9-15-34-87-62-47-29-24-31-76-59(47)43(8)52-53(62)70-81-69(52)82-74-57-58(67(92-39-20-14-6)61-48(30-25-33-78-61)63(57)88-35-16-10-2)75(86-74)80-68-51-42(7)46-28-23-32-77-60(46)66(91-38-19-13-5)54(51)71(79-68)84-73-56-55(72(83-70)85-73)64(89-36-17-11-3)49-40-44-26-21-22-27-45(44)41-50(49)65(56)90-37-18-12-4/h42-86H,9-41H2,1-8H3. The van der Waals surface area contributed by atoms with Gasteiger partial charge in [0, 0.05) is 105 Å². The number of unbranched alkanes of at least 4 members (excludes halogenated alkanes) is 6. The molecule has 0 aromatic rings. The minimum Gasteiger partial charge on any atom is -0.378 e. The summed E-state index contributed by atoms with van der Waals surface area (Å²) in [6, 6.07) is 0.926. The lowest BCUT2D eigenvalue weighted by Gasteiger charge is -2.56. The Kier molecular flexibility index (Phi) is 23.4. The first-order valence-corrected chi connectivity index (χ1v) is 40.3. The van der Waals surface area contributed by atoms with Crippen LogP contribution in [0.15, 0.2) is 0 Å². The molecule has 6 aliphatic carbocycles. The van der Waals surface area contributed by atoms with Crippen LogP contribution in [0.5, 0.6) is 0 Å². The first-order chi connectivity index (χ1) is 45.3. The molecular formula is C75H135N11O6. The maximum absolute atomic E-state index is 7.78. The molecule has 8 heterocycles. The quantitative estimate of drug-likeness (QED) is 0.0412. The van der Waals surface area contributed by atoms with Gasteiger partial charge in [0.15, 0.2) is 0 Å². The average molecular weight is 1290 g/mol. The van der Waals surface area contributed by atoms with Gasteiger partial charge in [0.25, 0.3) is 0 Å². The van der Waals surface area contributed by atoms with Gasteiger partial charge in [-0.25, -0.2) is 0 Å². The Morgan fingerprint density at radius 3 is 0.924 bits per heavy atom. The lowest BCUT2D eigenvalue weighted by atomic mass is 9.54. The summed E-state index contributed by atoms with van der Waals surface area (Å²) < 4.78 is 45.8. The zero-order chi connectivity index (χ0) is 63.0. The highest BCUT2D eigenvalue weighted by atomic mass is 16.5. The van der Waals surface area contributed by atoms with Gasteiger partial charge in [-0.05, 0) is 163 Å². The zero-order valence-electron chi connectivity index (χ0n) is 58.9. The van der Waals surface area contributed by atoms with Gasteiger partial charge in [0.2, 0.25) is 0 Å². The lowest BCUT2D eigenvalue weighted by molar-refractivity contribution is -0.186. The number of rotatable bonds is 24. The van der Waals surface area contributed by atoms with Gasteiger partial charge in [0.1, 0.15) is 0 Å². The normalized spacial score (nSPS) is 50.1. The Hall–Kier alpha value is -0.680. The van der Waals surface area contributed by atoms with Crippen LogP contribution in [0.3, 0.4) is 0 Å². The van der Waals surface area contributed by atoms with Crippen LogP contribution >= 0.6 is 0 Å². The van der Waals surface area contributed by atoms with E-state index in [2.05, 4.69) is 97.9 Å². The van der Waals surface area contributed by atoms with E-state index in [1.807, 2.05) is 0 Å². The summed E-state index contributed by atoms with van der Waals surface area (Å²) in [6.07, 6.45) is 28.9. The second kappa shape index (κ2) is 31.5. The Morgan fingerprint density at radius 2 is 0.543 bits per heavy atom. The number of hydrogen-bond donors (Lipinski definition) is 11. The Labute approximate surface area is 557 Å². The average Bonchev–Trinajstić information content (AvgIpc) is 1.53. The monoisotopic (exact) mass is 1290 g/mol. The summed E-state index contributed by atoms with van der Waals surface area (Å²) in [5, 5.41) is 49.9. The molecule has 0 spiro atoms. The van der Waals surface area contributed by atoms with Crippen molar-refractivity contribution in [2.24, 2.45) is 101 Å². The second-order valence-corrected chi connectivity index (χ2v) is 33.1. The van der Waals surface area contributed by atoms with Crippen molar-refractivity contribution < 1.29 is 28.4 Å². The number of piperidine rings is 3. The highest BCUT2D eigenvalue weighted by Crippen LogP contribution is 2.59. The molecule has 92 heavy (non-hydrogen) atoms. The third-order valence-electron chi connectivity index (χ3n) is 28.1. The molecule has 14 rings (SSSR count). The molecule has 8 bridgehead atoms. The van der Waals surface area contributed by atoms with E-state index in [4.69, 9.17) is 44.4 Å². The van der Waals surface area contributed by atoms with Crippen molar-refractivity contribution in [1.29, 1.82) is 0 Å². The first-order valence-electron chi connectivity index (χ1n) is 40.3. The van der Waals surface area contributed by atoms with Crippen molar-refractivity contribution in [3.05, 3.63) is 0 Å². The third kappa shape index (κ3) is 13.2. The summed E-state index contributed by atoms with van der Waals surface area (Å²) in [7, 11) is 0. The van der Waals surface area contributed by atoms with Gasteiger partial charge in [-0.1, -0.05) is 120 Å². The minimum atomic E-state index is -0.0462. The number of nitrogens with one attached hydrogen (secondary N) is 11. The molecule has 17 nitrogen and oxygen atoms in total. The molecule has 8 saturated heterocycles. The van der Waals surface area contributed by atoms with E-state index < -0.39 is 0 Å². The van der Waals surface area contributed by atoms with Crippen molar-refractivity contribution in [3.8, 4) is 0 Å². The molecule has 34 atom stereocenters. The van der Waals surface area contributed by atoms with Crippen LogP contribution in [-0.4, -0.2) is 163 Å². The molecule has 11 N–H and O–H groups in total. The molecule has 0 amide bonds. The molecule has 6 saturated carbocycles. The van der Waals surface area contributed by atoms with Crippen LogP contribution in [0.2, 0.25) is 0 Å². The number of ether oxygens (including phenoxy) is 6. The summed E-state index contributed by atoms with van der Waals surface area (Å²) in [5.74, 6) is 6.45. The van der Waals surface area contributed by atoms with Gasteiger partial charge >= 0.3 is 0 Å². The van der Waals surface area contributed by atoms with Crippen LogP contribution in [0.1, 0.15) is 209 Å². The van der Waals surface area contributed by atoms with Crippen molar-refractivity contribution in [3.63, 3.8) is 0 Å². The van der Waals surface area contributed by atoms with Crippen molar-refractivity contribution >= 4 is 0 Å². The number of hydrogen-bond acceptors (Lipinski definition) is 17. The third-order valence-corrected chi connectivity index (χ3v) is 28.1. The molecular weight excluding hydrogens is 1150 g/mol. The van der Waals surface area contributed by atoms with Gasteiger partial charge in [-0.15, -0.1) is 0 Å². The first kappa shape index (κ1) is 68.5.